The molecule has 0 spiro atoms. The molecule has 5 nitrogen and oxygen atoms in total. The van der Waals surface area contributed by atoms with Gasteiger partial charge in [-0.3, -0.25) is 4.79 Å². The van der Waals surface area contributed by atoms with Gasteiger partial charge in [0.05, 0.1) is 26.1 Å². The molecule has 0 N–H and O–H groups in total. The Balaban J connectivity index is 1.45. The molecule has 2 aromatic rings. The summed E-state index contributed by atoms with van der Waals surface area (Å²) < 4.78 is 11.7. The molecule has 0 radical (unpaired) electrons. The third-order valence-electron chi connectivity index (χ3n) is 7.42. The molecule has 3 rings (SSSR count). The van der Waals surface area contributed by atoms with E-state index in [0.29, 0.717) is 13.2 Å². The summed E-state index contributed by atoms with van der Waals surface area (Å²) in [5.41, 5.74) is 3.12. The number of rotatable bonds is 20. The summed E-state index contributed by atoms with van der Waals surface area (Å²) >= 11 is 1.80. The number of unbranched alkanes of at least 4 members (excludes halogenated alkanes) is 11. The number of hydrogen-bond acceptors (Lipinski definition) is 5. The van der Waals surface area contributed by atoms with E-state index in [1.807, 2.05) is 35.2 Å². The second-order valence-corrected chi connectivity index (χ2v) is 11.7. The lowest BCUT2D eigenvalue weighted by molar-refractivity contribution is -0.116. The summed E-state index contributed by atoms with van der Waals surface area (Å²) in [4.78, 5) is 16.8. The predicted molar refractivity (Wildman–Crippen MR) is 170 cm³/mol. The zero-order valence-electron chi connectivity index (χ0n) is 25.0. The fourth-order valence-electron chi connectivity index (χ4n) is 5.09. The number of thioether (sulfide) groups is 1. The van der Waals surface area contributed by atoms with Crippen LogP contribution in [0.25, 0.3) is 0 Å². The summed E-state index contributed by atoms with van der Waals surface area (Å²) in [6.45, 7) is 5.90. The van der Waals surface area contributed by atoms with Gasteiger partial charge in [0, 0.05) is 25.4 Å². The molecule has 0 bridgehead atoms. The van der Waals surface area contributed by atoms with Crippen LogP contribution >= 0.6 is 11.8 Å². The van der Waals surface area contributed by atoms with Gasteiger partial charge in [0.25, 0.3) is 0 Å². The SMILES string of the molecule is CCCCCCCCCCCCCCOc1cc(CN(C(C)=O)c2cccc(CN3C=CSC3)c2)ccc1OC. The number of methoxy groups -OCH3 is 1. The second kappa shape index (κ2) is 18.7. The van der Waals surface area contributed by atoms with Crippen LogP contribution in [0, 0.1) is 0 Å². The topological polar surface area (TPSA) is 42.0 Å². The largest absolute Gasteiger partial charge is 0.493 e. The maximum atomic E-state index is 12.7. The molecule has 0 aromatic heterocycles. The van der Waals surface area contributed by atoms with Gasteiger partial charge >= 0.3 is 0 Å². The van der Waals surface area contributed by atoms with E-state index in [-0.39, 0.29) is 5.91 Å². The van der Waals surface area contributed by atoms with E-state index in [0.717, 1.165) is 41.6 Å². The number of carbonyl (C=O) groups is 1. The van der Waals surface area contributed by atoms with Crippen LogP contribution in [0.5, 0.6) is 11.5 Å². The third-order valence-corrected chi connectivity index (χ3v) is 8.22. The Labute approximate surface area is 247 Å². The van der Waals surface area contributed by atoms with Gasteiger partial charge in [0.2, 0.25) is 5.91 Å². The molecule has 1 amide bonds. The Kier molecular flexibility index (Phi) is 14.9. The molecule has 0 fully saturated rings. The number of anilines is 1. The van der Waals surface area contributed by atoms with E-state index >= 15 is 0 Å². The molecule has 6 heteroatoms. The van der Waals surface area contributed by atoms with Crippen molar-refractivity contribution in [1.29, 1.82) is 0 Å². The Morgan fingerprint density at radius 3 is 2.20 bits per heavy atom. The minimum Gasteiger partial charge on any atom is -0.493 e. The summed E-state index contributed by atoms with van der Waals surface area (Å²) in [6, 6.07) is 14.3. The van der Waals surface area contributed by atoms with Crippen LogP contribution in [0.4, 0.5) is 5.69 Å². The average Bonchev–Trinajstić information content (AvgIpc) is 3.47. The smallest absolute Gasteiger partial charge is 0.224 e. The van der Waals surface area contributed by atoms with Crippen LogP contribution in [0.1, 0.15) is 102 Å². The highest BCUT2D eigenvalue weighted by Gasteiger charge is 2.15. The fraction of sp³-hybridized carbons (Fsp3) is 0.559. The zero-order valence-corrected chi connectivity index (χ0v) is 25.9. The van der Waals surface area contributed by atoms with E-state index in [1.54, 1.807) is 25.8 Å². The Morgan fingerprint density at radius 1 is 0.875 bits per heavy atom. The lowest BCUT2D eigenvalue weighted by Gasteiger charge is -2.23. The van der Waals surface area contributed by atoms with Crippen molar-refractivity contribution in [3.05, 3.63) is 65.2 Å². The van der Waals surface area contributed by atoms with Crippen LogP contribution in [-0.4, -0.2) is 30.4 Å². The first-order valence-corrected chi connectivity index (χ1v) is 16.3. The number of benzene rings is 2. The van der Waals surface area contributed by atoms with Crippen molar-refractivity contribution in [2.75, 3.05) is 24.5 Å². The quantitative estimate of drug-likeness (QED) is 0.149. The second-order valence-electron chi connectivity index (χ2n) is 10.8. The van der Waals surface area contributed by atoms with E-state index < -0.39 is 0 Å². The van der Waals surface area contributed by atoms with Crippen LogP contribution < -0.4 is 14.4 Å². The normalized spacial score (nSPS) is 12.6. The van der Waals surface area contributed by atoms with Gasteiger partial charge in [-0.2, -0.15) is 0 Å². The molecular weight excluding hydrogens is 516 g/mol. The molecule has 40 heavy (non-hydrogen) atoms. The van der Waals surface area contributed by atoms with Gasteiger partial charge in [0.15, 0.2) is 11.5 Å². The third kappa shape index (κ3) is 11.5. The molecule has 0 aliphatic carbocycles. The van der Waals surface area contributed by atoms with Gasteiger partial charge in [-0.1, -0.05) is 95.8 Å². The van der Waals surface area contributed by atoms with Crippen LogP contribution in [0.15, 0.2) is 54.1 Å². The molecule has 1 aliphatic rings. The Morgan fingerprint density at radius 2 is 1.57 bits per heavy atom. The highest BCUT2D eigenvalue weighted by atomic mass is 32.2. The maximum Gasteiger partial charge on any atom is 0.224 e. The molecular formula is C34H50N2O3S. The van der Waals surface area contributed by atoms with Crippen molar-refractivity contribution in [2.24, 2.45) is 0 Å². The zero-order chi connectivity index (χ0) is 28.4. The minimum absolute atomic E-state index is 0.0172. The predicted octanol–water partition coefficient (Wildman–Crippen LogP) is 9.31. The number of carbonyl (C=O) groups excluding carboxylic acids is 1. The van der Waals surface area contributed by atoms with Crippen LogP contribution in [0.3, 0.4) is 0 Å². The highest BCUT2D eigenvalue weighted by molar-refractivity contribution is 8.02. The van der Waals surface area contributed by atoms with Crippen molar-refractivity contribution >= 4 is 23.4 Å². The van der Waals surface area contributed by atoms with Gasteiger partial charge in [-0.15, -0.1) is 11.8 Å². The molecule has 1 aliphatic heterocycles. The molecule has 0 atom stereocenters. The number of hydrogen-bond donors (Lipinski definition) is 0. The maximum absolute atomic E-state index is 12.7. The number of ether oxygens (including phenoxy) is 2. The summed E-state index contributed by atoms with van der Waals surface area (Å²) in [5.74, 6) is 2.46. The molecule has 2 aromatic carbocycles. The Bertz CT molecular complexity index is 1040. The molecule has 220 valence electrons. The molecule has 0 saturated carbocycles. The standard InChI is InChI=1S/C34H50N2O3S/c1-4-5-6-7-8-9-10-11-12-13-14-15-22-39-34-25-31(19-20-33(34)38-3)27-36(29(2)37)32-18-16-17-30(24-32)26-35-21-23-40-28-35/h16-21,23-25H,4-15,22,26-28H2,1-3H3. The minimum atomic E-state index is 0.0172. The van der Waals surface area contributed by atoms with Gasteiger partial charge in [-0.25, -0.2) is 0 Å². The monoisotopic (exact) mass is 566 g/mol. The lowest BCUT2D eigenvalue weighted by atomic mass is 10.1. The molecule has 0 unspecified atom stereocenters. The average molecular weight is 567 g/mol. The highest BCUT2D eigenvalue weighted by Crippen LogP contribution is 2.30. The molecule has 1 heterocycles. The summed E-state index contributed by atoms with van der Waals surface area (Å²) in [5, 5.41) is 2.12. The lowest BCUT2D eigenvalue weighted by Crippen LogP contribution is -2.28. The first-order chi connectivity index (χ1) is 19.6. The first-order valence-electron chi connectivity index (χ1n) is 15.3. The van der Waals surface area contributed by atoms with Crippen molar-refractivity contribution in [1.82, 2.24) is 4.90 Å². The van der Waals surface area contributed by atoms with E-state index in [2.05, 4.69) is 35.6 Å². The van der Waals surface area contributed by atoms with E-state index in [4.69, 9.17) is 9.47 Å². The van der Waals surface area contributed by atoms with Crippen molar-refractivity contribution in [3.8, 4) is 11.5 Å². The fourth-order valence-corrected chi connectivity index (χ4v) is 5.80. The van der Waals surface area contributed by atoms with Gasteiger partial charge in [0.1, 0.15) is 0 Å². The molecule has 0 saturated heterocycles. The van der Waals surface area contributed by atoms with Crippen LogP contribution in [-0.2, 0) is 17.9 Å². The first kappa shape index (κ1) is 31.9. The van der Waals surface area contributed by atoms with E-state index in [9.17, 15) is 4.79 Å². The summed E-state index contributed by atoms with van der Waals surface area (Å²) in [6.07, 6.45) is 18.0. The Hall–Kier alpha value is -2.60. The van der Waals surface area contributed by atoms with Crippen LogP contribution in [0.2, 0.25) is 0 Å². The summed E-state index contributed by atoms with van der Waals surface area (Å²) in [7, 11) is 1.67. The number of amides is 1. The van der Waals surface area contributed by atoms with Gasteiger partial charge in [-0.05, 0) is 47.2 Å². The van der Waals surface area contributed by atoms with Crippen molar-refractivity contribution in [2.45, 2.75) is 104 Å². The van der Waals surface area contributed by atoms with Crippen molar-refractivity contribution in [3.63, 3.8) is 0 Å². The van der Waals surface area contributed by atoms with E-state index in [1.165, 1.54) is 76.2 Å². The van der Waals surface area contributed by atoms with Gasteiger partial charge < -0.3 is 19.3 Å². The van der Waals surface area contributed by atoms with Crippen molar-refractivity contribution < 1.29 is 14.3 Å². The number of nitrogens with zero attached hydrogens (tertiary/aromatic N) is 2.